The predicted molar refractivity (Wildman–Crippen MR) is 94.0 cm³/mol. The molecule has 6 nitrogen and oxygen atoms in total. The molecule has 2 rings (SSSR count). The number of halogens is 2. The fourth-order valence-electron chi connectivity index (χ4n) is 2.10. The minimum Gasteiger partial charge on any atom is -0.357 e. The van der Waals surface area contributed by atoms with Crippen molar-refractivity contribution in [2.45, 2.75) is 26.3 Å². The largest absolute Gasteiger partial charge is 0.357 e. The van der Waals surface area contributed by atoms with E-state index in [0.717, 1.165) is 25.1 Å². The van der Waals surface area contributed by atoms with Gasteiger partial charge in [0.1, 0.15) is 5.15 Å². The first-order valence-corrected chi connectivity index (χ1v) is 8.58. The first kappa shape index (κ1) is 17.9. The van der Waals surface area contributed by atoms with E-state index in [1.54, 1.807) is 0 Å². The number of aliphatic imine (C=N–C) groups is 1. The van der Waals surface area contributed by atoms with Crippen LogP contribution in [0.25, 0.3) is 0 Å². The van der Waals surface area contributed by atoms with Crippen LogP contribution < -0.4 is 16.0 Å². The second-order valence-corrected chi connectivity index (χ2v) is 6.29. The average Bonchev–Trinajstić information content (AvgIpc) is 3.34. The van der Waals surface area contributed by atoms with Crippen molar-refractivity contribution in [3.63, 3.8) is 0 Å². The Morgan fingerprint density at radius 1 is 1.30 bits per heavy atom. The van der Waals surface area contributed by atoms with Gasteiger partial charge in [0.05, 0.1) is 11.6 Å². The molecule has 1 fully saturated rings. The monoisotopic (exact) mass is 359 g/mol. The van der Waals surface area contributed by atoms with Crippen molar-refractivity contribution in [2.75, 3.05) is 19.6 Å². The fourth-order valence-corrected chi connectivity index (χ4v) is 2.51. The Hall–Kier alpha value is -1.40. The molecule has 23 heavy (non-hydrogen) atoms. The molecule has 0 bridgehead atoms. The molecule has 0 unspecified atom stereocenters. The fraction of sp³-hybridized carbons (Fsp3) is 0.600. The Kier molecular flexibility index (Phi) is 6.59. The van der Waals surface area contributed by atoms with E-state index in [9.17, 15) is 4.79 Å². The summed E-state index contributed by atoms with van der Waals surface area (Å²) in [5.74, 6) is 1.09. The second kappa shape index (κ2) is 8.45. The summed E-state index contributed by atoms with van der Waals surface area (Å²) in [6.07, 6.45) is 2.04. The number of carbonyl (C=O) groups is 1. The lowest BCUT2D eigenvalue weighted by molar-refractivity contribution is -0.122. The molecule has 1 aliphatic carbocycles. The summed E-state index contributed by atoms with van der Waals surface area (Å²) in [5.41, 5.74) is 0.930. The lowest BCUT2D eigenvalue weighted by Gasteiger charge is -2.12. The first-order valence-electron chi connectivity index (χ1n) is 7.82. The topological polar surface area (TPSA) is 70.5 Å². The summed E-state index contributed by atoms with van der Waals surface area (Å²) >= 11 is 12.0. The molecule has 128 valence electrons. The minimum atomic E-state index is 0.154. The third-order valence-corrected chi connectivity index (χ3v) is 4.47. The summed E-state index contributed by atoms with van der Waals surface area (Å²) in [7, 11) is 1.85. The molecule has 0 radical (unpaired) electrons. The van der Waals surface area contributed by atoms with E-state index >= 15 is 0 Å². The molecule has 0 saturated heterocycles. The van der Waals surface area contributed by atoms with Gasteiger partial charge in [-0.2, -0.15) is 0 Å². The zero-order chi connectivity index (χ0) is 16.8. The molecular weight excluding hydrogens is 337 g/mol. The maximum atomic E-state index is 11.5. The van der Waals surface area contributed by atoms with Crippen LogP contribution in [0.1, 0.15) is 25.5 Å². The van der Waals surface area contributed by atoms with Crippen molar-refractivity contribution in [1.29, 1.82) is 0 Å². The van der Waals surface area contributed by atoms with Gasteiger partial charge in [-0.3, -0.25) is 4.79 Å². The number of nitrogens with zero attached hydrogens (tertiary/aromatic N) is 2. The van der Waals surface area contributed by atoms with Crippen LogP contribution in [0.5, 0.6) is 0 Å². The molecule has 8 heteroatoms. The zero-order valence-corrected chi connectivity index (χ0v) is 15.0. The van der Waals surface area contributed by atoms with E-state index in [2.05, 4.69) is 20.9 Å². The summed E-state index contributed by atoms with van der Waals surface area (Å²) in [4.78, 5) is 16.1. The highest BCUT2D eigenvalue weighted by Gasteiger charge is 2.28. The maximum absolute atomic E-state index is 11.5. The molecule has 1 amide bonds. The van der Waals surface area contributed by atoms with E-state index in [-0.39, 0.29) is 11.8 Å². The van der Waals surface area contributed by atoms with Crippen molar-refractivity contribution in [2.24, 2.45) is 18.0 Å². The Morgan fingerprint density at radius 2 is 2.00 bits per heavy atom. The van der Waals surface area contributed by atoms with Gasteiger partial charge in [-0.1, -0.05) is 23.2 Å². The van der Waals surface area contributed by atoms with Crippen LogP contribution >= 0.6 is 23.2 Å². The summed E-state index contributed by atoms with van der Waals surface area (Å²) in [5, 5.41) is 10.3. The molecule has 0 spiro atoms. The number of amides is 1. The van der Waals surface area contributed by atoms with Gasteiger partial charge in [0.2, 0.25) is 5.91 Å². The van der Waals surface area contributed by atoms with E-state index in [1.807, 2.05) is 24.6 Å². The van der Waals surface area contributed by atoms with Gasteiger partial charge in [0.25, 0.3) is 0 Å². The smallest absolute Gasteiger partial charge is 0.223 e. The molecule has 0 atom stereocenters. The standard InChI is InChI=1S/C15H23Cl2N5O/c1-3-18-15(20-7-6-19-14(23)10-4-5-10)21-9-11-8-12(16)13(17)22(11)2/h8,10H,3-7,9H2,1-2H3,(H,19,23)(H2,18,20,21). The van der Waals surface area contributed by atoms with E-state index in [0.29, 0.717) is 35.8 Å². The van der Waals surface area contributed by atoms with Crippen molar-refractivity contribution in [3.05, 3.63) is 21.9 Å². The van der Waals surface area contributed by atoms with Gasteiger partial charge < -0.3 is 20.5 Å². The quantitative estimate of drug-likeness (QED) is 0.395. The first-order chi connectivity index (χ1) is 11.0. The summed E-state index contributed by atoms with van der Waals surface area (Å²) < 4.78 is 1.81. The van der Waals surface area contributed by atoms with Gasteiger partial charge >= 0.3 is 0 Å². The molecule has 3 N–H and O–H groups in total. The van der Waals surface area contributed by atoms with E-state index in [4.69, 9.17) is 23.2 Å². The molecule has 1 aromatic rings. The zero-order valence-electron chi connectivity index (χ0n) is 13.5. The Labute approximate surface area is 146 Å². The van der Waals surface area contributed by atoms with Crippen LogP contribution in [0, 0.1) is 5.92 Å². The minimum absolute atomic E-state index is 0.154. The highest BCUT2D eigenvalue weighted by atomic mass is 35.5. The molecule has 1 saturated carbocycles. The van der Waals surface area contributed by atoms with Crippen LogP contribution in [-0.2, 0) is 18.4 Å². The number of aromatic nitrogens is 1. The normalized spacial score (nSPS) is 14.7. The van der Waals surface area contributed by atoms with Crippen LogP contribution in [0.3, 0.4) is 0 Å². The number of rotatable bonds is 7. The van der Waals surface area contributed by atoms with Crippen LogP contribution in [0.2, 0.25) is 10.2 Å². The third-order valence-electron chi connectivity index (χ3n) is 3.62. The Balaban J connectivity index is 1.81. The molecular formula is C15H23Cl2N5O. The maximum Gasteiger partial charge on any atom is 0.223 e. The van der Waals surface area contributed by atoms with Crippen LogP contribution in [0.4, 0.5) is 0 Å². The van der Waals surface area contributed by atoms with Gasteiger partial charge in [-0.05, 0) is 25.8 Å². The lowest BCUT2D eigenvalue weighted by Crippen LogP contribution is -2.41. The van der Waals surface area contributed by atoms with E-state index < -0.39 is 0 Å². The molecule has 0 aromatic carbocycles. The van der Waals surface area contributed by atoms with Crippen molar-refractivity contribution in [1.82, 2.24) is 20.5 Å². The molecule has 0 aliphatic heterocycles. The Bertz CT molecular complexity index is 581. The van der Waals surface area contributed by atoms with Gasteiger partial charge in [0.15, 0.2) is 5.96 Å². The predicted octanol–water partition coefficient (Wildman–Crippen LogP) is 1.91. The van der Waals surface area contributed by atoms with Gasteiger partial charge in [-0.15, -0.1) is 0 Å². The highest BCUT2D eigenvalue weighted by Crippen LogP contribution is 2.28. The Morgan fingerprint density at radius 3 is 2.57 bits per heavy atom. The van der Waals surface area contributed by atoms with Crippen LogP contribution in [-0.4, -0.2) is 36.1 Å². The number of hydrogen-bond acceptors (Lipinski definition) is 2. The van der Waals surface area contributed by atoms with Crippen molar-refractivity contribution < 1.29 is 4.79 Å². The molecule has 1 heterocycles. The number of guanidine groups is 1. The van der Waals surface area contributed by atoms with Gasteiger partial charge in [-0.25, -0.2) is 4.99 Å². The average molecular weight is 360 g/mol. The third kappa shape index (κ3) is 5.32. The summed E-state index contributed by atoms with van der Waals surface area (Å²) in [6, 6.07) is 1.81. The number of hydrogen-bond donors (Lipinski definition) is 3. The number of carbonyl (C=O) groups excluding carboxylic acids is 1. The molecule has 1 aromatic heterocycles. The second-order valence-electron chi connectivity index (χ2n) is 5.52. The van der Waals surface area contributed by atoms with Crippen molar-refractivity contribution >= 4 is 35.1 Å². The van der Waals surface area contributed by atoms with Crippen LogP contribution in [0.15, 0.2) is 11.1 Å². The highest BCUT2D eigenvalue weighted by molar-refractivity contribution is 6.41. The van der Waals surface area contributed by atoms with E-state index in [1.165, 1.54) is 0 Å². The van der Waals surface area contributed by atoms with Gasteiger partial charge in [0, 0.05) is 38.3 Å². The SMILES string of the molecule is CCNC(=NCc1cc(Cl)c(Cl)n1C)NCCNC(=O)C1CC1. The summed E-state index contributed by atoms with van der Waals surface area (Å²) in [6.45, 7) is 4.43. The lowest BCUT2D eigenvalue weighted by atomic mass is 10.4. The number of nitrogens with one attached hydrogen (secondary N) is 3. The van der Waals surface area contributed by atoms with Crippen molar-refractivity contribution in [3.8, 4) is 0 Å². The molecule has 1 aliphatic rings.